The lowest BCUT2D eigenvalue weighted by molar-refractivity contribution is -0.386. The van der Waals surface area contributed by atoms with Crippen molar-refractivity contribution in [1.82, 2.24) is 0 Å². The summed E-state index contributed by atoms with van der Waals surface area (Å²) in [4.78, 5) is 10.7. The van der Waals surface area contributed by atoms with Crippen LogP contribution < -0.4 is 14.2 Å². The summed E-state index contributed by atoms with van der Waals surface area (Å²) < 4.78 is 16.3. The number of nitro benzene ring substituents is 1. The van der Waals surface area contributed by atoms with Crippen LogP contribution in [0.4, 0.5) is 5.69 Å². The molecule has 0 bridgehead atoms. The molecule has 122 valence electrons. The minimum Gasteiger partial charge on any atom is -0.496 e. The number of nitro groups is 1. The molecule has 0 N–H and O–H groups in total. The Bertz CT molecular complexity index is 684. The number of benzene rings is 2. The highest BCUT2D eigenvalue weighted by atomic mass is 16.6. The molecule has 0 aromatic heterocycles. The van der Waals surface area contributed by atoms with Gasteiger partial charge in [0.1, 0.15) is 18.1 Å². The standard InChI is InChI=1S/C17H19NO5/c1-12(2)23-16-7-5-4-6-13(16)11-22-17-9-8-14(21-3)10-15(17)18(19)20/h4-10,12H,11H2,1-3H3. The molecule has 0 spiro atoms. The molecule has 0 aliphatic heterocycles. The zero-order valence-electron chi connectivity index (χ0n) is 13.3. The number of methoxy groups -OCH3 is 1. The molecular formula is C17H19NO5. The number of hydrogen-bond donors (Lipinski definition) is 0. The smallest absolute Gasteiger partial charge is 0.314 e. The van der Waals surface area contributed by atoms with Crippen LogP contribution in [0.2, 0.25) is 0 Å². The molecular weight excluding hydrogens is 298 g/mol. The van der Waals surface area contributed by atoms with E-state index in [4.69, 9.17) is 14.2 Å². The highest BCUT2D eigenvalue weighted by Gasteiger charge is 2.17. The van der Waals surface area contributed by atoms with Gasteiger partial charge in [0.2, 0.25) is 0 Å². The quantitative estimate of drug-likeness (QED) is 0.571. The first-order chi connectivity index (χ1) is 11.0. The SMILES string of the molecule is COc1ccc(OCc2ccccc2OC(C)C)c([N+](=O)[O-])c1. The van der Waals surface area contributed by atoms with Gasteiger partial charge in [-0.15, -0.1) is 0 Å². The van der Waals surface area contributed by atoms with E-state index in [0.29, 0.717) is 11.5 Å². The van der Waals surface area contributed by atoms with Crippen LogP contribution in [0.1, 0.15) is 19.4 Å². The Hall–Kier alpha value is -2.76. The van der Waals surface area contributed by atoms with E-state index in [1.165, 1.54) is 19.2 Å². The van der Waals surface area contributed by atoms with Gasteiger partial charge in [0.05, 0.1) is 24.2 Å². The molecule has 0 saturated carbocycles. The molecule has 0 heterocycles. The molecule has 2 rings (SSSR count). The molecule has 2 aromatic carbocycles. The van der Waals surface area contributed by atoms with Crippen LogP contribution in [0, 0.1) is 10.1 Å². The number of ether oxygens (including phenoxy) is 3. The van der Waals surface area contributed by atoms with Crippen LogP contribution in [0.25, 0.3) is 0 Å². The first kappa shape index (κ1) is 16.6. The van der Waals surface area contributed by atoms with Crippen LogP contribution in [0.3, 0.4) is 0 Å². The fourth-order valence-corrected chi connectivity index (χ4v) is 2.04. The van der Waals surface area contributed by atoms with Crippen LogP contribution in [-0.2, 0) is 6.61 Å². The van der Waals surface area contributed by atoms with Crippen molar-refractivity contribution in [3.8, 4) is 17.2 Å². The van der Waals surface area contributed by atoms with Crippen molar-refractivity contribution in [2.24, 2.45) is 0 Å². The van der Waals surface area contributed by atoms with Gasteiger partial charge >= 0.3 is 5.69 Å². The number of nitrogens with zero attached hydrogens (tertiary/aromatic N) is 1. The molecule has 0 saturated heterocycles. The maximum absolute atomic E-state index is 11.2. The van der Waals surface area contributed by atoms with Gasteiger partial charge in [0.25, 0.3) is 0 Å². The van der Waals surface area contributed by atoms with Gasteiger partial charge in [-0.1, -0.05) is 18.2 Å². The van der Waals surface area contributed by atoms with E-state index in [1.807, 2.05) is 38.1 Å². The minimum absolute atomic E-state index is 0.0338. The first-order valence-corrected chi connectivity index (χ1v) is 7.21. The molecule has 0 atom stereocenters. The average molecular weight is 317 g/mol. The molecule has 0 aliphatic carbocycles. The predicted molar refractivity (Wildman–Crippen MR) is 86.2 cm³/mol. The Morgan fingerprint density at radius 1 is 1.13 bits per heavy atom. The highest BCUT2D eigenvalue weighted by Crippen LogP contribution is 2.32. The van der Waals surface area contributed by atoms with Crippen molar-refractivity contribution in [1.29, 1.82) is 0 Å². The number of rotatable bonds is 7. The van der Waals surface area contributed by atoms with Gasteiger partial charge < -0.3 is 14.2 Å². The van der Waals surface area contributed by atoms with E-state index in [9.17, 15) is 10.1 Å². The Kier molecular flexibility index (Phi) is 5.41. The highest BCUT2D eigenvalue weighted by molar-refractivity contribution is 5.51. The van der Waals surface area contributed by atoms with Gasteiger partial charge in [0, 0.05) is 5.56 Å². The Labute approximate surface area is 134 Å². The zero-order valence-corrected chi connectivity index (χ0v) is 13.3. The minimum atomic E-state index is -0.492. The van der Waals surface area contributed by atoms with E-state index >= 15 is 0 Å². The van der Waals surface area contributed by atoms with Gasteiger partial charge in [-0.3, -0.25) is 10.1 Å². The van der Waals surface area contributed by atoms with Crippen LogP contribution in [0.15, 0.2) is 42.5 Å². The molecule has 0 amide bonds. The summed E-state index contributed by atoms with van der Waals surface area (Å²) in [5.74, 6) is 1.31. The molecule has 6 heteroatoms. The number of para-hydroxylation sites is 1. The molecule has 2 aromatic rings. The maximum Gasteiger partial charge on any atom is 0.314 e. The molecule has 0 unspecified atom stereocenters. The normalized spacial score (nSPS) is 10.4. The van der Waals surface area contributed by atoms with Crippen molar-refractivity contribution in [2.75, 3.05) is 7.11 Å². The summed E-state index contributed by atoms with van der Waals surface area (Å²) in [7, 11) is 1.46. The van der Waals surface area contributed by atoms with E-state index in [0.717, 1.165) is 5.56 Å². The summed E-state index contributed by atoms with van der Waals surface area (Å²) in [5.41, 5.74) is 0.693. The fourth-order valence-electron chi connectivity index (χ4n) is 2.04. The lowest BCUT2D eigenvalue weighted by Gasteiger charge is -2.14. The Morgan fingerprint density at radius 2 is 1.87 bits per heavy atom. The second-order valence-electron chi connectivity index (χ2n) is 5.15. The summed E-state index contributed by atoms with van der Waals surface area (Å²) in [5, 5.41) is 11.2. The first-order valence-electron chi connectivity index (χ1n) is 7.21. The van der Waals surface area contributed by atoms with E-state index in [-0.39, 0.29) is 24.1 Å². The third-order valence-electron chi connectivity index (χ3n) is 3.08. The summed E-state index contributed by atoms with van der Waals surface area (Å²) in [6.45, 7) is 4.05. The number of hydrogen-bond acceptors (Lipinski definition) is 5. The van der Waals surface area contributed by atoms with Gasteiger partial charge in [-0.25, -0.2) is 0 Å². The summed E-state index contributed by atoms with van der Waals surface area (Å²) in [6, 6.07) is 12.0. The Balaban J connectivity index is 2.20. The van der Waals surface area contributed by atoms with Crippen molar-refractivity contribution in [2.45, 2.75) is 26.6 Å². The van der Waals surface area contributed by atoms with Crippen LogP contribution >= 0.6 is 0 Å². The van der Waals surface area contributed by atoms with Gasteiger partial charge in [-0.2, -0.15) is 0 Å². The van der Waals surface area contributed by atoms with Crippen LogP contribution in [-0.4, -0.2) is 18.1 Å². The lowest BCUT2D eigenvalue weighted by Crippen LogP contribution is -2.08. The lowest BCUT2D eigenvalue weighted by atomic mass is 10.2. The molecule has 23 heavy (non-hydrogen) atoms. The van der Waals surface area contributed by atoms with Crippen molar-refractivity contribution < 1.29 is 19.1 Å². The second kappa shape index (κ2) is 7.49. The van der Waals surface area contributed by atoms with E-state index < -0.39 is 4.92 Å². The predicted octanol–water partition coefficient (Wildman–Crippen LogP) is 3.97. The fraction of sp³-hybridized carbons (Fsp3) is 0.294. The third kappa shape index (κ3) is 4.35. The van der Waals surface area contributed by atoms with Crippen molar-refractivity contribution >= 4 is 5.69 Å². The topological polar surface area (TPSA) is 70.8 Å². The third-order valence-corrected chi connectivity index (χ3v) is 3.08. The molecule has 0 fully saturated rings. The van der Waals surface area contributed by atoms with E-state index in [1.54, 1.807) is 6.07 Å². The van der Waals surface area contributed by atoms with Gasteiger partial charge in [0.15, 0.2) is 5.75 Å². The summed E-state index contributed by atoms with van der Waals surface area (Å²) in [6.07, 6.45) is 0.0338. The molecule has 6 nitrogen and oxygen atoms in total. The maximum atomic E-state index is 11.2. The molecule has 0 radical (unpaired) electrons. The van der Waals surface area contributed by atoms with Crippen LogP contribution in [0.5, 0.6) is 17.2 Å². The van der Waals surface area contributed by atoms with E-state index in [2.05, 4.69) is 0 Å². The molecule has 0 aliphatic rings. The van der Waals surface area contributed by atoms with Crippen molar-refractivity contribution in [3.05, 3.63) is 58.1 Å². The van der Waals surface area contributed by atoms with Gasteiger partial charge in [-0.05, 0) is 32.0 Å². The monoisotopic (exact) mass is 317 g/mol. The second-order valence-corrected chi connectivity index (χ2v) is 5.15. The Morgan fingerprint density at radius 3 is 2.52 bits per heavy atom. The largest absolute Gasteiger partial charge is 0.496 e. The summed E-state index contributed by atoms with van der Waals surface area (Å²) >= 11 is 0. The zero-order chi connectivity index (χ0) is 16.8. The van der Waals surface area contributed by atoms with Crippen molar-refractivity contribution in [3.63, 3.8) is 0 Å². The average Bonchev–Trinajstić information content (AvgIpc) is 2.53.